The molecule has 0 aliphatic rings. The second kappa shape index (κ2) is 6.62. The van der Waals surface area contributed by atoms with Crippen molar-refractivity contribution in [2.24, 2.45) is 4.99 Å². The van der Waals surface area contributed by atoms with E-state index in [1.165, 1.54) is 10.4 Å². The fraction of sp³-hybridized carbons (Fsp3) is 0.250. The Bertz CT molecular complexity index is 773. The lowest BCUT2D eigenvalue weighted by Crippen LogP contribution is -2.36. The molecule has 0 radical (unpaired) electrons. The van der Waals surface area contributed by atoms with E-state index in [0.717, 1.165) is 29.4 Å². The SMILES string of the molecule is CN=C(NCc1nc2ccc(C)cc2[nH]1)NCc1cccs1. The molecule has 0 amide bonds. The third-order valence-electron chi connectivity index (χ3n) is 3.34. The average molecular weight is 313 g/mol. The molecule has 3 N–H and O–H groups in total. The first-order chi connectivity index (χ1) is 10.7. The van der Waals surface area contributed by atoms with Crippen molar-refractivity contribution < 1.29 is 0 Å². The minimum atomic E-state index is 0.609. The summed E-state index contributed by atoms with van der Waals surface area (Å²) < 4.78 is 0. The number of thiophene rings is 1. The number of H-pyrrole nitrogens is 1. The van der Waals surface area contributed by atoms with E-state index in [1.807, 2.05) is 12.1 Å². The van der Waals surface area contributed by atoms with E-state index >= 15 is 0 Å². The number of nitrogens with zero attached hydrogens (tertiary/aromatic N) is 2. The second-order valence-electron chi connectivity index (χ2n) is 5.06. The number of aromatic nitrogens is 2. The van der Waals surface area contributed by atoms with E-state index in [-0.39, 0.29) is 0 Å². The van der Waals surface area contributed by atoms with Gasteiger partial charge in [-0.15, -0.1) is 11.3 Å². The maximum atomic E-state index is 4.57. The average Bonchev–Trinajstić information content (AvgIpc) is 3.16. The molecule has 0 bridgehead atoms. The molecule has 114 valence electrons. The minimum Gasteiger partial charge on any atom is -0.352 e. The predicted octanol–water partition coefficient (Wildman–Crippen LogP) is 2.80. The van der Waals surface area contributed by atoms with Gasteiger partial charge in [-0.2, -0.15) is 0 Å². The van der Waals surface area contributed by atoms with Gasteiger partial charge >= 0.3 is 0 Å². The molecule has 0 aliphatic carbocycles. The van der Waals surface area contributed by atoms with Gasteiger partial charge in [-0.3, -0.25) is 4.99 Å². The standard InChI is InChI=1S/C16H19N5S/c1-11-5-6-13-14(8-11)21-15(20-13)10-19-16(17-2)18-9-12-4-3-7-22-12/h3-8H,9-10H2,1-2H3,(H,20,21)(H2,17,18,19). The van der Waals surface area contributed by atoms with Crippen LogP contribution in [0.25, 0.3) is 11.0 Å². The first-order valence-electron chi connectivity index (χ1n) is 7.17. The van der Waals surface area contributed by atoms with E-state index in [0.29, 0.717) is 6.54 Å². The molecule has 0 unspecified atom stereocenters. The fourth-order valence-corrected chi connectivity index (χ4v) is 2.88. The van der Waals surface area contributed by atoms with Crippen LogP contribution in [-0.4, -0.2) is 23.0 Å². The molecule has 22 heavy (non-hydrogen) atoms. The van der Waals surface area contributed by atoms with Gasteiger partial charge in [0.2, 0.25) is 0 Å². The van der Waals surface area contributed by atoms with Crippen molar-refractivity contribution in [1.29, 1.82) is 0 Å². The van der Waals surface area contributed by atoms with E-state index in [2.05, 4.69) is 56.1 Å². The molecule has 0 fully saturated rings. The summed E-state index contributed by atoms with van der Waals surface area (Å²) in [6.07, 6.45) is 0. The van der Waals surface area contributed by atoms with Crippen LogP contribution in [0.5, 0.6) is 0 Å². The highest BCUT2D eigenvalue weighted by molar-refractivity contribution is 7.09. The van der Waals surface area contributed by atoms with Crippen LogP contribution in [-0.2, 0) is 13.1 Å². The molecular weight excluding hydrogens is 294 g/mol. The van der Waals surface area contributed by atoms with Crippen LogP contribution in [0.2, 0.25) is 0 Å². The summed E-state index contributed by atoms with van der Waals surface area (Å²) in [6.45, 7) is 3.46. The zero-order valence-electron chi connectivity index (χ0n) is 12.7. The Labute approximate surface area is 133 Å². The number of guanidine groups is 1. The smallest absolute Gasteiger partial charge is 0.191 e. The van der Waals surface area contributed by atoms with Crippen molar-refractivity contribution in [2.45, 2.75) is 20.0 Å². The lowest BCUT2D eigenvalue weighted by Gasteiger charge is -2.09. The van der Waals surface area contributed by atoms with Gasteiger partial charge in [0.05, 0.1) is 24.1 Å². The summed E-state index contributed by atoms with van der Waals surface area (Å²) in [5, 5.41) is 8.64. The molecule has 0 saturated carbocycles. The third kappa shape index (κ3) is 3.46. The highest BCUT2D eigenvalue weighted by Crippen LogP contribution is 2.13. The highest BCUT2D eigenvalue weighted by atomic mass is 32.1. The van der Waals surface area contributed by atoms with Gasteiger partial charge in [0.1, 0.15) is 5.82 Å². The van der Waals surface area contributed by atoms with Crippen molar-refractivity contribution in [2.75, 3.05) is 7.05 Å². The minimum absolute atomic E-state index is 0.609. The summed E-state index contributed by atoms with van der Waals surface area (Å²) in [6, 6.07) is 10.4. The first-order valence-corrected chi connectivity index (χ1v) is 8.05. The van der Waals surface area contributed by atoms with E-state index in [4.69, 9.17) is 0 Å². The van der Waals surface area contributed by atoms with Crippen molar-refractivity contribution in [1.82, 2.24) is 20.6 Å². The monoisotopic (exact) mass is 313 g/mol. The van der Waals surface area contributed by atoms with Crippen LogP contribution in [0.1, 0.15) is 16.3 Å². The molecular formula is C16H19N5S. The van der Waals surface area contributed by atoms with Gasteiger partial charge in [-0.05, 0) is 36.1 Å². The fourth-order valence-electron chi connectivity index (χ4n) is 2.23. The lowest BCUT2D eigenvalue weighted by atomic mass is 10.2. The van der Waals surface area contributed by atoms with Crippen LogP contribution >= 0.6 is 11.3 Å². The molecule has 0 aliphatic heterocycles. The number of aryl methyl sites for hydroxylation is 1. The van der Waals surface area contributed by atoms with Crippen LogP contribution in [0.3, 0.4) is 0 Å². The number of imidazole rings is 1. The lowest BCUT2D eigenvalue weighted by molar-refractivity contribution is 0.788. The van der Waals surface area contributed by atoms with Gasteiger partial charge in [0, 0.05) is 11.9 Å². The number of benzene rings is 1. The Morgan fingerprint density at radius 1 is 1.27 bits per heavy atom. The second-order valence-corrected chi connectivity index (χ2v) is 6.10. The van der Waals surface area contributed by atoms with E-state index in [9.17, 15) is 0 Å². The molecule has 2 aromatic heterocycles. The Kier molecular flexibility index (Phi) is 4.39. The molecule has 0 atom stereocenters. The largest absolute Gasteiger partial charge is 0.352 e. The summed E-state index contributed by atoms with van der Waals surface area (Å²) in [7, 11) is 1.77. The highest BCUT2D eigenvalue weighted by Gasteiger charge is 2.04. The normalized spacial score (nSPS) is 11.8. The molecule has 1 aromatic carbocycles. The number of hydrogen-bond donors (Lipinski definition) is 3. The molecule has 0 saturated heterocycles. The summed E-state index contributed by atoms with van der Waals surface area (Å²) in [4.78, 5) is 13.4. The summed E-state index contributed by atoms with van der Waals surface area (Å²) >= 11 is 1.73. The molecule has 5 nitrogen and oxygen atoms in total. The first kappa shape index (κ1) is 14.6. The Morgan fingerprint density at radius 3 is 2.91 bits per heavy atom. The van der Waals surface area contributed by atoms with Crippen molar-refractivity contribution >= 4 is 28.3 Å². The van der Waals surface area contributed by atoms with Gasteiger partial charge in [0.25, 0.3) is 0 Å². The Hall–Kier alpha value is -2.34. The van der Waals surface area contributed by atoms with Crippen molar-refractivity contribution in [3.8, 4) is 0 Å². The van der Waals surface area contributed by atoms with Crippen molar-refractivity contribution in [3.05, 3.63) is 52.0 Å². The number of aliphatic imine (C=N–C) groups is 1. The molecule has 3 aromatic rings. The molecule has 6 heteroatoms. The number of rotatable bonds is 4. The maximum Gasteiger partial charge on any atom is 0.191 e. The number of fused-ring (bicyclic) bond motifs is 1. The molecule has 2 heterocycles. The number of hydrogen-bond acceptors (Lipinski definition) is 3. The summed E-state index contributed by atoms with van der Waals surface area (Å²) in [5.41, 5.74) is 3.28. The van der Waals surface area contributed by atoms with Crippen LogP contribution in [0.4, 0.5) is 0 Å². The van der Waals surface area contributed by atoms with Crippen LogP contribution < -0.4 is 10.6 Å². The van der Waals surface area contributed by atoms with Crippen molar-refractivity contribution in [3.63, 3.8) is 0 Å². The maximum absolute atomic E-state index is 4.57. The van der Waals surface area contributed by atoms with E-state index < -0.39 is 0 Å². The third-order valence-corrected chi connectivity index (χ3v) is 4.22. The van der Waals surface area contributed by atoms with Gasteiger partial charge in [-0.1, -0.05) is 12.1 Å². The predicted molar refractivity (Wildman–Crippen MR) is 92.2 cm³/mol. The topological polar surface area (TPSA) is 65.1 Å². The number of nitrogens with one attached hydrogen (secondary N) is 3. The van der Waals surface area contributed by atoms with E-state index in [1.54, 1.807) is 18.4 Å². The van der Waals surface area contributed by atoms with Crippen LogP contribution in [0, 0.1) is 6.92 Å². The van der Waals surface area contributed by atoms with Gasteiger partial charge < -0.3 is 15.6 Å². The molecule has 3 rings (SSSR count). The molecule has 0 spiro atoms. The quantitative estimate of drug-likeness (QED) is 0.512. The zero-order chi connectivity index (χ0) is 15.4. The zero-order valence-corrected chi connectivity index (χ0v) is 13.5. The Morgan fingerprint density at radius 2 is 2.14 bits per heavy atom. The van der Waals surface area contributed by atoms with Gasteiger partial charge in [0.15, 0.2) is 5.96 Å². The van der Waals surface area contributed by atoms with Gasteiger partial charge in [-0.25, -0.2) is 4.98 Å². The number of aromatic amines is 1. The van der Waals surface area contributed by atoms with Crippen LogP contribution in [0.15, 0.2) is 40.7 Å². The summed E-state index contributed by atoms with van der Waals surface area (Å²) in [5.74, 6) is 1.67. The Balaban J connectivity index is 1.59.